The average molecular weight is 254 g/mol. The van der Waals surface area contributed by atoms with Gasteiger partial charge in [-0.25, -0.2) is 4.39 Å². The molecule has 1 aromatic carbocycles. The summed E-state index contributed by atoms with van der Waals surface area (Å²) >= 11 is 0. The van der Waals surface area contributed by atoms with Gasteiger partial charge in [0.15, 0.2) is 6.79 Å². The SMILES string of the molecule is CC(C)(Cc1cc(F)cc2c1OCOC2)C(=O)O. The lowest BCUT2D eigenvalue weighted by Gasteiger charge is -2.24. The molecule has 5 heteroatoms. The van der Waals surface area contributed by atoms with Gasteiger partial charge in [-0.2, -0.15) is 0 Å². The molecule has 0 unspecified atom stereocenters. The Labute approximate surface area is 104 Å². The Kier molecular flexibility index (Phi) is 3.26. The van der Waals surface area contributed by atoms with Gasteiger partial charge in [0.1, 0.15) is 11.6 Å². The molecule has 0 atom stereocenters. The molecular formula is C13H15FO4. The van der Waals surface area contributed by atoms with Crippen molar-refractivity contribution < 1.29 is 23.8 Å². The van der Waals surface area contributed by atoms with Crippen LogP contribution in [-0.2, 0) is 22.6 Å². The largest absolute Gasteiger partial charge is 0.481 e. The smallest absolute Gasteiger partial charge is 0.309 e. The second-order valence-electron chi connectivity index (χ2n) is 5.03. The Hall–Kier alpha value is -1.62. The molecule has 0 saturated heterocycles. The molecule has 0 amide bonds. The average Bonchev–Trinajstić information content (AvgIpc) is 2.28. The summed E-state index contributed by atoms with van der Waals surface area (Å²) in [5.41, 5.74) is 0.224. The first-order valence-corrected chi connectivity index (χ1v) is 5.65. The monoisotopic (exact) mass is 254 g/mol. The van der Waals surface area contributed by atoms with Crippen LogP contribution in [0.15, 0.2) is 12.1 Å². The van der Waals surface area contributed by atoms with Gasteiger partial charge in [-0.05, 0) is 38.0 Å². The fraction of sp³-hybridized carbons (Fsp3) is 0.462. The van der Waals surface area contributed by atoms with Crippen molar-refractivity contribution in [1.29, 1.82) is 0 Å². The Morgan fingerprint density at radius 1 is 1.50 bits per heavy atom. The van der Waals surface area contributed by atoms with Gasteiger partial charge in [-0.3, -0.25) is 4.79 Å². The molecule has 98 valence electrons. The number of halogens is 1. The minimum atomic E-state index is -0.969. The standard InChI is InChI=1S/C13H15FO4/c1-13(2,12(15)16)5-8-3-10(14)4-9-6-17-7-18-11(8)9/h3-4H,5-7H2,1-2H3,(H,15,16). The van der Waals surface area contributed by atoms with E-state index in [0.717, 1.165) is 0 Å². The Balaban J connectivity index is 2.38. The fourth-order valence-electron chi connectivity index (χ4n) is 1.94. The van der Waals surface area contributed by atoms with E-state index >= 15 is 0 Å². The summed E-state index contributed by atoms with van der Waals surface area (Å²) in [6.07, 6.45) is 0.211. The first-order chi connectivity index (χ1) is 8.40. The first-order valence-electron chi connectivity index (χ1n) is 5.65. The molecule has 1 aromatic rings. The normalized spacial score (nSPS) is 14.8. The minimum absolute atomic E-state index is 0.110. The maximum Gasteiger partial charge on any atom is 0.309 e. The molecule has 0 aromatic heterocycles. The van der Waals surface area contributed by atoms with Crippen LogP contribution in [0.5, 0.6) is 5.75 Å². The molecule has 0 fully saturated rings. The van der Waals surface area contributed by atoms with Gasteiger partial charge in [0.25, 0.3) is 0 Å². The van der Waals surface area contributed by atoms with Crippen molar-refractivity contribution in [2.75, 3.05) is 6.79 Å². The van der Waals surface area contributed by atoms with Crippen molar-refractivity contribution in [1.82, 2.24) is 0 Å². The number of carboxylic acid groups (broad SMARTS) is 1. The summed E-state index contributed by atoms with van der Waals surface area (Å²) in [6, 6.07) is 2.68. The zero-order valence-corrected chi connectivity index (χ0v) is 10.3. The van der Waals surface area contributed by atoms with Crippen LogP contribution in [0.4, 0.5) is 4.39 Å². The lowest BCUT2D eigenvalue weighted by molar-refractivity contribution is -0.146. The van der Waals surface area contributed by atoms with Crippen molar-refractivity contribution in [3.63, 3.8) is 0 Å². The van der Waals surface area contributed by atoms with Gasteiger partial charge in [-0.15, -0.1) is 0 Å². The van der Waals surface area contributed by atoms with E-state index in [9.17, 15) is 9.18 Å². The zero-order chi connectivity index (χ0) is 13.3. The number of benzene rings is 1. The third kappa shape index (κ3) is 2.46. The molecule has 1 aliphatic rings. The molecule has 1 N–H and O–H groups in total. The van der Waals surface area contributed by atoms with E-state index in [0.29, 0.717) is 16.9 Å². The van der Waals surface area contributed by atoms with Crippen LogP contribution in [-0.4, -0.2) is 17.9 Å². The Bertz CT molecular complexity index is 482. The van der Waals surface area contributed by atoms with Crippen LogP contribution < -0.4 is 4.74 Å². The van der Waals surface area contributed by atoms with Crippen LogP contribution in [0.1, 0.15) is 25.0 Å². The van der Waals surface area contributed by atoms with E-state index in [1.807, 2.05) is 0 Å². The van der Waals surface area contributed by atoms with Crippen molar-refractivity contribution in [3.8, 4) is 5.75 Å². The highest BCUT2D eigenvalue weighted by molar-refractivity contribution is 5.74. The molecule has 0 spiro atoms. The van der Waals surface area contributed by atoms with E-state index in [4.69, 9.17) is 14.6 Å². The Morgan fingerprint density at radius 2 is 2.22 bits per heavy atom. The second-order valence-corrected chi connectivity index (χ2v) is 5.03. The third-order valence-corrected chi connectivity index (χ3v) is 2.96. The summed E-state index contributed by atoms with van der Waals surface area (Å²) < 4.78 is 23.9. The molecule has 18 heavy (non-hydrogen) atoms. The van der Waals surface area contributed by atoms with Crippen molar-refractivity contribution in [3.05, 3.63) is 29.1 Å². The number of rotatable bonds is 3. The van der Waals surface area contributed by atoms with Crippen molar-refractivity contribution >= 4 is 5.97 Å². The van der Waals surface area contributed by atoms with Crippen LogP contribution in [0.2, 0.25) is 0 Å². The first kappa shape index (κ1) is 12.8. The van der Waals surface area contributed by atoms with Crippen LogP contribution in [0.3, 0.4) is 0 Å². The highest BCUT2D eigenvalue weighted by Gasteiger charge is 2.30. The number of aliphatic carboxylic acids is 1. The molecule has 2 rings (SSSR count). The fourth-order valence-corrected chi connectivity index (χ4v) is 1.94. The third-order valence-electron chi connectivity index (χ3n) is 2.96. The predicted molar refractivity (Wildman–Crippen MR) is 61.8 cm³/mol. The van der Waals surface area contributed by atoms with Gasteiger partial charge in [0.05, 0.1) is 12.0 Å². The molecule has 0 radical (unpaired) electrons. The van der Waals surface area contributed by atoms with Gasteiger partial charge >= 0.3 is 5.97 Å². The number of carbonyl (C=O) groups is 1. The van der Waals surface area contributed by atoms with Crippen LogP contribution in [0, 0.1) is 11.2 Å². The minimum Gasteiger partial charge on any atom is -0.481 e. The lowest BCUT2D eigenvalue weighted by Crippen LogP contribution is -2.27. The zero-order valence-electron chi connectivity index (χ0n) is 10.3. The number of hydrogen-bond donors (Lipinski definition) is 1. The van der Waals surface area contributed by atoms with Gasteiger partial charge in [0.2, 0.25) is 0 Å². The van der Waals surface area contributed by atoms with E-state index < -0.39 is 17.2 Å². The number of hydrogen-bond acceptors (Lipinski definition) is 3. The molecular weight excluding hydrogens is 239 g/mol. The summed E-state index contributed by atoms with van der Waals surface area (Å²) in [7, 11) is 0. The summed E-state index contributed by atoms with van der Waals surface area (Å²) in [6.45, 7) is 3.60. The maximum atomic E-state index is 13.5. The highest BCUT2D eigenvalue weighted by atomic mass is 19.1. The Morgan fingerprint density at radius 3 is 2.89 bits per heavy atom. The second kappa shape index (κ2) is 4.57. The van der Waals surface area contributed by atoms with Crippen molar-refractivity contribution in [2.45, 2.75) is 26.9 Å². The molecule has 0 saturated carbocycles. The molecule has 0 bridgehead atoms. The van der Waals surface area contributed by atoms with Crippen molar-refractivity contribution in [2.24, 2.45) is 5.41 Å². The van der Waals surface area contributed by atoms with Gasteiger partial charge in [0, 0.05) is 5.56 Å². The van der Waals surface area contributed by atoms with Crippen LogP contribution >= 0.6 is 0 Å². The quantitative estimate of drug-likeness (QED) is 0.899. The number of ether oxygens (including phenoxy) is 2. The summed E-state index contributed by atoms with van der Waals surface area (Å²) in [4.78, 5) is 11.1. The molecule has 1 aliphatic heterocycles. The molecule has 4 nitrogen and oxygen atoms in total. The lowest BCUT2D eigenvalue weighted by atomic mass is 9.85. The van der Waals surface area contributed by atoms with Gasteiger partial charge in [-0.1, -0.05) is 0 Å². The highest BCUT2D eigenvalue weighted by Crippen LogP contribution is 2.34. The number of carboxylic acids is 1. The summed E-state index contributed by atoms with van der Waals surface area (Å²) in [5.74, 6) is -0.774. The van der Waals surface area contributed by atoms with E-state index in [-0.39, 0.29) is 19.8 Å². The molecule has 1 heterocycles. The van der Waals surface area contributed by atoms with Gasteiger partial charge < -0.3 is 14.6 Å². The topological polar surface area (TPSA) is 55.8 Å². The van der Waals surface area contributed by atoms with E-state index in [1.54, 1.807) is 13.8 Å². The maximum absolute atomic E-state index is 13.5. The molecule has 0 aliphatic carbocycles. The number of fused-ring (bicyclic) bond motifs is 1. The van der Waals surface area contributed by atoms with E-state index in [2.05, 4.69) is 0 Å². The summed E-state index contributed by atoms with van der Waals surface area (Å²) in [5, 5.41) is 9.12. The van der Waals surface area contributed by atoms with E-state index in [1.165, 1.54) is 12.1 Å². The van der Waals surface area contributed by atoms with Crippen LogP contribution in [0.25, 0.3) is 0 Å². The predicted octanol–water partition coefficient (Wildman–Crippen LogP) is 2.35.